The fraction of sp³-hybridized carbons (Fsp3) is 0.200. The van der Waals surface area contributed by atoms with Crippen molar-refractivity contribution in [3.8, 4) is 5.75 Å². The van der Waals surface area contributed by atoms with Gasteiger partial charge in [0.2, 0.25) is 0 Å². The Bertz CT molecular complexity index is 1130. The SMILES string of the molecule is COC(=O)c1ccc2c(=O)[nH]c(CSC(N)=NCc3ccccc3OC)nc2c1. The summed E-state index contributed by atoms with van der Waals surface area (Å²) in [4.78, 5) is 35.5. The van der Waals surface area contributed by atoms with Gasteiger partial charge < -0.3 is 20.2 Å². The van der Waals surface area contributed by atoms with Crippen molar-refractivity contribution in [3.63, 3.8) is 0 Å². The van der Waals surface area contributed by atoms with E-state index in [1.54, 1.807) is 13.2 Å². The van der Waals surface area contributed by atoms with E-state index in [1.807, 2.05) is 24.3 Å². The Morgan fingerprint density at radius 3 is 2.79 bits per heavy atom. The first-order chi connectivity index (χ1) is 14.0. The van der Waals surface area contributed by atoms with Crippen molar-refractivity contribution in [3.05, 3.63) is 69.8 Å². The summed E-state index contributed by atoms with van der Waals surface area (Å²) in [6, 6.07) is 12.2. The molecule has 3 N–H and O–H groups in total. The van der Waals surface area contributed by atoms with Crippen molar-refractivity contribution in [1.82, 2.24) is 9.97 Å². The number of nitrogens with zero attached hydrogens (tertiary/aromatic N) is 2. The molecule has 0 bridgehead atoms. The fourth-order valence-electron chi connectivity index (χ4n) is 2.69. The van der Waals surface area contributed by atoms with Crippen LogP contribution in [-0.2, 0) is 17.0 Å². The molecule has 29 heavy (non-hydrogen) atoms. The Labute approximate surface area is 171 Å². The van der Waals surface area contributed by atoms with E-state index in [9.17, 15) is 9.59 Å². The van der Waals surface area contributed by atoms with Gasteiger partial charge in [-0.2, -0.15) is 0 Å². The van der Waals surface area contributed by atoms with E-state index >= 15 is 0 Å². The molecule has 2 aromatic carbocycles. The Morgan fingerprint density at radius 1 is 1.24 bits per heavy atom. The number of aliphatic imine (C=N–C) groups is 1. The van der Waals surface area contributed by atoms with Crippen LogP contribution < -0.4 is 16.0 Å². The number of carbonyl (C=O) groups excluding carboxylic acids is 1. The lowest BCUT2D eigenvalue weighted by molar-refractivity contribution is 0.0601. The number of fused-ring (bicyclic) bond motifs is 1. The van der Waals surface area contributed by atoms with E-state index in [-0.39, 0.29) is 5.56 Å². The Morgan fingerprint density at radius 2 is 2.03 bits per heavy atom. The molecule has 0 radical (unpaired) electrons. The van der Waals surface area contributed by atoms with Crippen LogP contribution >= 0.6 is 11.8 Å². The van der Waals surface area contributed by atoms with Crippen molar-refractivity contribution in [1.29, 1.82) is 0 Å². The lowest BCUT2D eigenvalue weighted by Crippen LogP contribution is -2.14. The maximum atomic E-state index is 12.3. The molecule has 9 heteroatoms. The lowest BCUT2D eigenvalue weighted by atomic mass is 10.1. The highest BCUT2D eigenvalue weighted by Gasteiger charge is 2.10. The second kappa shape index (κ2) is 9.24. The van der Waals surface area contributed by atoms with Crippen molar-refractivity contribution in [2.75, 3.05) is 14.2 Å². The number of hydrogen-bond donors (Lipinski definition) is 2. The third-order valence-corrected chi connectivity index (χ3v) is 4.97. The van der Waals surface area contributed by atoms with Crippen molar-refractivity contribution in [2.24, 2.45) is 10.7 Å². The van der Waals surface area contributed by atoms with Crippen LogP contribution in [0.3, 0.4) is 0 Å². The summed E-state index contributed by atoms with van der Waals surface area (Å²) in [6.45, 7) is 0.382. The number of aromatic nitrogens is 2. The summed E-state index contributed by atoms with van der Waals surface area (Å²) in [5.74, 6) is 1.02. The summed E-state index contributed by atoms with van der Waals surface area (Å²) in [6.07, 6.45) is 0. The van der Waals surface area contributed by atoms with Gasteiger partial charge >= 0.3 is 5.97 Å². The minimum absolute atomic E-state index is 0.286. The number of para-hydroxylation sites is 1. The van der Waals surface area contributed by atoms with Gasteiger partial charge in [-0.25, -0.2) is 9.78 Å². The van der Waals surface area contributed by atoms with Crippen LogP contribution in [0.1, 0.15) is 21.7 Å². The highest BCUT2D eigenvalue weighted by Crippen LogP contribution is 2.19. The molecular formula is C20H20N4O4S. The zero-order valence-electron chi connectivity index (χ0n) is 16.0. The monoisotopic (exact) mass is 412 g/mol. The second-order valence-electron chi connectivity index (χ2n) is 5.99. The Hall–Kier alpha value is -3.33. The van der Waals surface area contributed by atoms with Gasteiger partial charge in [0, 0.05) is 5.56 Å². The molecule has 0 amide bonds. The van der Waals surface area contributed by atoms with Gasteiger partial charge in [-0.3, -0.25) is 9.79 Å². The van der Waals surface area contributed by atoms with E-state index in [0.717, 1.165) is 11.3 Å². The van der Waals surface area contributed by atoms with E-state index in [2.05, 4.69) is 15.0 Å². The number of hydrogen-bond acceptors (Lipinski definition) is 7. The van der Waals surface area contributed by atoms with Crippen LogP contribution in [0, 0.1) is 0 Å². The molecule has 3 aromatic rings. The van der Waals surface area contributed by atoms with E-state index in [4.69, 9.17) is 15.2 Å². The topological polar surface area (TPSA) is 120 Å². The highest BCUT2D eigenvalue weighted by atomic mass is 32.2. The maximum absolute atomic E-state index is 12.3. The average Bonchev–Trinajstić information content (AvgIpc) is 2.75. The molecule has 0 atom stereocenters. The van der Waals surface area contributed by atoms with Crippen LogP contribution in [0.25, 0.3) is 10.9 Å². The number of H-pyrrole nitrogens is 1. The van der Waals surface area contributed by atoms with Gasteiger partial charge in [0.25, 0.3) is 5.56 Å². The molecule has 1 heterocycles. The van der Waals surface area contributed by atoms with Gasteiger partial charge in [-0.05, 0) is 24.3 Å². The molecule has 0 saturated carbocycles. The van der Waals surface area contributed by atoms with Crippen molar-refractivity contribution >= 4 is 33.8 Å². The third-order valence-electron chi connectivity index (χ3n) is 4.13. The minimum Gasteiger partial charge on any atom is -0.496 e. The number of benzene rings is 2. The number of rotatable bonds is 6. The smallest absolute Gasteiger partial charge is 0.337 e. The molecule has 0 fully saturated rings. The molecule has 0 saturated heterocycles. The van der Waals surface area contributed by atoms with Crippen LogP contribution in [0.15, 0.2) is 52.3 Å². The predicted molar refractivity (Wildman–Crippen MR) is 113 cm³/mol. The molecule has 3 rings (SSSR count). The number of esters is 1. The number of amidine groups is 1. The first kappa shape index (κ1) is 20.4. The number of carbonyl (C=O) groups is 1. The number of ether oxygens (including phenoxy) is 2. The molecule has 150 valence electrons. The standard InChI is InChI=1S/C20H20N4O4S/c1-27-16-6-4-3-5-13(16)10-22-20(21)29-11-17-23-15-9-12(19(26)28-2)7-8-14(15)18(25)24-17/h3-9H,10-11H2,1-2H3,(H2,21,22)(H,23,24,25). The predicted octanol–water partition coefficient (Wildman–Crippen LogP) is 2.47. The highest BCUT2D eigenvalue weighted by molar-refractivity contribution is 8.13. The summed E-state index contributed by atoms with van der Waals surface area (Å²) in [7, 11) is 2.90. The minimum atomic E-state index is -0.488. The molecule has 0 aliphatic heterocycles. The first-order valence-corrected chi connectivity index (χ1v) is 9.66. The van der Waals surface area contributed by atoms with E-state index in [0.29, 0.717) is 39.8 Å². The van der Waals surface area contributed by atoms with Crippen LogP contribution in [-0.4, -0.2) is 35.3 Å². The van der Waals surface area contributed by atoms with Crippen LogP contribution in [0.4, 0.5) is 0 Å². The quantitative estimate of drug-likeness (QED) is 0.362. The van der Waals surface area contributed by atoms with Crippen LogP contribution in [0.2, 0.25) is 0 Å². The normalized spacial score (nSPS) is 11.4. The van der Waals surface area contributed by atoms with Gasteiger partial charge in [0.1, 0.15) is 11.6 Å². The molecule has 0 aliphatic carbocycles. The van der Waals surface area contributed by atoms with Crippen LogP contribution in [0.5, 0.6) is 5.75 Å². The molecule has 0 spiro atoms. The number of aromatic amines is 1. The molecule has 1 aromatic heterocycles. The lowest BCUT2D eigenvalue weighted by Gasteiger charge is -2.07. The fourth-order valence-corrected chi connectivity index (χ4v) is 3.26. The van der Waals surface area contributed by atoms with Gasteiger partial charge in [0.15, 0.2) is 5.17 Å². The molecule has 0 unspecified atom stereocenters. The number of methoxy groups -OCH3 is 2. The van der Waals surface area contributed by atoms with Crippen molar-refractivity contribution in [2.45, 2.75) is 12.3 Å². The maximum Gasteiger partial charge on any atom is 0.337 e. The summed E-state index contributed by atoms with van der Waals surface area (Å²) < 4.78 is 10.0. The molecule has 8 nitrogen and oxygen atoms in total. The van der Waals surface area contributed by atoms with E-state index in [1.165, 1.54) is 31.0 Å². The Balaban J connectivity index is 1.74. The number of nitrogens with one attached hydrogen (secondary N) is 1. The average molecular weight is 412 g/mol. The van der Waals surface area contributed by atoms with Gasteiger partial charge in [-0.15, -0.1) is 0 Å². The zero-order valence-corrected chi connectivity index (χ0v) is 16.8. The summed E-state index contributed by atoms with van der Waals surface area (Å²) >= 11 is 1.26. The third kappa shape index (κ3) is 4.94. The Kier molecular flexibility index (Phi) is 6.50. The van der Waals surface area contributed by atoms with Gasteiger partial charge in [-0.1, -0.05) is 30.0 Å². The summed E-state index contributed by atoms with van der Waals surface area (Å²) in [5.41, 5.74) is 7.36. The molecule has 0 aliphatic rings. The first-order valence-electron chi connectivity index (χ1n) is 8.67. The van der Waals surface area contributed by atoms with Crippen molar-refractivity contribution < 1.29 is 14.3 Å². The number of nitrogens with two attached hydrogens (primary N) is 1. The second-order valence-corrected chi connectivity index (χ2v) is 6.99. The van der Waals surface area contributed by atoms with Gasteiger partial charge in [0.05, 0.1) is 43.0 Å². The largest absolute Gasteiger partial charge is 0.496 e. The number of thioether (sulfide) groups is 1. The van der Waals surface area contributed by atoms with E-state index < -0.39 is 5.97 Å². The molecular weight excluding hydrogens is 392 g/mol. The zero-order chi connectivity index (χ0) is 20.8. The summed E-state index contributed by atoms with van der Waals surface area (Å²) in [5, 5.41) is 0.756.